The monoisotopic (exact) mass is 286 g/mol. The summed E-state index contributed by atoms with van der Waals surface area (Å²) in [5.41, 5.74) is 3.41. The molecule has 0 aliphatic heterocycles. The van der Waals surface area contributed by atoms with Crippen molar-refractivity contribution in [3.05, 3.63) is 41.2 Å². The van der Waals surface area contributed by atoms with Gasteiger partial charge in [-0.05, 0) is 31.5 Å². The van der Waals surface area contributed by atoms with Crippen LogP contribution in [0.4, 0.5) is 5.69 Å². The summed E-state index contributed by atoms with van der Waals surface area (Å²) in [5, 5.41) is 8.89. The van der Waals surface area contributed by atoms with E-state index in [1.54, 1.807) is 11.3 Å². The first-order valence-corrected chi connectivity index (χ1v) is 7.68. The molecule has 3 aromatic rings. The van der Waals surface area contributed by atoms with E-state index in [1.807, 2.05) is 17.8 Å². The summed E-state index contributed by atoms with van der Waals surface area (Å²) >= 11 is 1.73. The lowest BCUT2D eigenvalue weighted by molar-refractivity contribution is 0.602. The molecule has 0 aliphatic rings. The lowest BCUT2D eigenvalue weighted by atomic mass is 10.3. The van der Waals surface area contributed by atoms with Crippen molar-refractivity contribution in [1.29, 1.82) is 0 Å². The van der Waals surface area contributed by atoms with Crippen LogP contribution in [0, 0.1) is 6.92 Å². The molecule has 3 rings (SSSR count). The van der Waals surface area contributed by atoms with Gasteiger partial charge < -0.3 is 5.32 Å². The van der Waals surface area contributed by atoms with E-state index in [0.29, 0.717) is 0 Å². The van der Waals surface area contributed by atoms with Gasteiger partial charge in [-0.1, -0.05) is 6.92 Å². The molecule has 0 fully saturated rings. The highest BCUT2D eigenvalue weighted by molar-refractivity contribution is 7.18. The predicted octanol–water partition coefficient (Wildman–Crippen LogP) is 3.82. The second-order valence-corrected chi connectivity index (χ2v) is 6.12. The van der Waals surface area contributed by atoms with E-state index in [2.05, 4.69) is 46.7 Å². The Balaban J connectivity index is 1.69. The number of thiazole rings is 1. The van der Waals surface area contributed by atoms with Crippen molar-refractivity contribution in [2.75, 3.05) is 5.32 Å². The van der Waals surface area contributed by atoms with Crippen LogP contribution >= 0.6 is 11.3 Å². The number of anilines is 1. The van der Waals surface area contributed by atoms with Gasteiger partial charge in [0.15, 0.2) is 0 Å². The molecule has 0 unspecified atom stereocenters. The Labute approximate surface area is 122 Å². The van der Waals surface area contributed by atoms with E-state index in [-0.39, 0.29) is 0 Å². The van der Waals surface area contributed by atoms with Crippen LogP contribution in [0.15, 0.2) is 30.6 Å². The van der Waals surface area contributed by atoms with Gasteiger partial charge in [0.2, 0.25) is 0 Å². The molecule has 0 spiro atoms. The van der Waals surface area contributed by atoms with Gasteiger partial charge in [0.25, 0.3) is 0 Å². The summed E-state index contributed by atoms with van der Waals surface area (Å²) < 4.78 is 3.22. The van der Waals surface area contributed by atoms with Crippen LogP contribution in [0.25, 0.3) is 10.2 Å². The number of nitrogens with zero attached hydrogens (tertiary/aromatic N) is 3. The van der Waals surface area contributed by atoms with Crippen molar-refractivity contribution in [2.24, 2.45) is 0 Å². The van der Waals surface area contributed by atoms with E-state index in [9.17, 15) is 0 Å². The number of benzene rings is 1. The van der Waals surface area contributed by atoms with Gasteiger partial charge in [-0.2, -0.15) is 5.10 Å². The Morgan fingerprint density at radius 3 is 3.10 bits per heavy atom. The molecule has 4 nitrogen and oxygen atoms in total. The summed E-state index contributed by atoms with van der Waals surface area (Å²) in [7, 11) is 0. The second-order valence-electron chi connectivity index (χ2n) is 4.88. The summed E-state index contributed by atoms with van der Waals surface area (Å²) in [4.78, 5) is 4.47. The predicted molar refractivity (Wildman–Crippen MR) is 84.2 cm³/mol. The SMILES string of the molecule is CCCn1cc(CNc2ccc3nc(C)sc3c2)cn1. The van der Waals surface area contributed by atoms with Crippen LogP contribution in [-0.4, -0.2) is 14.8 Å². The number of hydrogen-bond donors (Lipinski definition) is 1. The third kappa shape index (κ3) is 2.82. The average Bonchev–Trinajstić information content (AvgIpc) is 3.01. The molecular weight excluding hydrogens is 268 g/mol. The fourth-order valence-electron chi connectivity index (χ4n) is 2.20. The summed E-state index contributed by atoms with van der Waals surface area (Å²) in [6, 6.07) is 6.32. The third-order valence-electron chi connectivity index (χ3n) is 3.13. The molecule has 0 radical (unpaired) electrons. The fourth-order valence-corrected chi connectivity index (χ4v) is 3.07. The van der Waals surface area contributed by atoms with E-state index < -0.39 is 0 Å². The van der Waals surface area contributed by atoms with Gasteiger partial charge in [0, 0.05) is 30.5 Å². The van der Waals surface area contributed by atoms with Crippen LogP contribution in [0.5, 0.6) is 0 Å². The zero-order valence-electron chi connectivity index (χ0n) is 11.8. The number of rotatable bonds is 5. The van der Waals surface area contributed by atoms with Crippen molar-refractivity contribution >= 4 is 27.2 Å². The summed E-state index contributed by atoms with van der Waals surface area (Å²) in [6.07, 6.45) is 5.14. The Morgan fingerprint density at radius 1 is 1.35 bits per heavy atom. The van der Waals surface area contributed by atoms with Crippen molar-refractivity contribution in [3.8, 4) is 0 Å². The van der Waals surface area contributed by atoms with Gasteiger partial charge in [-0.15, -0.1) is 11.3 Å². The lowest BCUT2D eigenvalue weighted by Gasteiger charge is -2.04. The molecule has 0 atom stereocenters. The minimum Gasteiger partial charge on any atom is -0.381 e. The lowest BCUT2D eigenvalue weighted by Crippen LogP contribution is -1.99. The molecule has 0 bridgehead atoms. The summed E-state index contributed by atoms with van der Waals surface area (Å²) in [6.45, 7) is 5.98. The van der Waals surface area contributed by atoms with Gasteiger partial charge in [0.1, 0.15) is 0 Å². The molecule has 104 valence electrons. The standard InChI is InChI=1S/C15H18N4S/c1-3-6-19-10-12(9-17-19)8-16-13-4-5-14-15(7-13)20-11(2)18-14/h4-5,7,9-10,16H,3,6,8H2,1-2H3. The average molecular weight is 286 g/mol. The van der Waals surface area contributed by atoms with Crippen LogP contribution in [-0.2, 0) is 13.1 Å². The zero-order chi connectivity index (χ0) is 13.9. The van der Waals surface area contributed by atoms with Crippen molar-refractivity contribution in [2.45, 2.75) is 33.4 Å². The number of aryl methyl sites for hydroxylation is 2. The van der Waals surface area contributed by atoms with Gasteiger partial charge in [-0.25, -0.2) is 4.98 Å². The molecule has 5 heteroatoms. The topological polar surface area (TPSA) is 42.7 Å². The molecule has 1 N–H and O–H groups in total. The highest BCUT2D eigenvalue weighted by Crippen LogP contribution is 2.24. The molecule has 20 heavy (non-hydrogen) atoms. The quantitative estimate of drug-likeness (QED) is 0.775. The van der Waals surface area contributed by atoms with Gasteiger partial charge in [-0.3, -0.25) is 4.68 Å². The fraction of sp³-hybridized carbons (Fsp3) is 0.333. The Bertz CT molecular complexity index is 714. The molecule has 0 aliphatic carbocycles. The third-order valence-corrected chi connectivity index (χ3v) is 4.07. The Kier molecular flexibility index (Phi) is 3.69. The van der Waals surface area contributed by atoms with Crippen molar-refractivity contribution < 1.29 is 0 Å². The maximum atomic E-state index is 4.47. The smallest absolute Gasteiger partial charge is 0.0907 e. The first-order chi connectivity index (χ1) is 9.74. The Hall–Kier alpha value is -1.88. The summed E-state index contributed by atoms with van der Waals surface area (Å²) in [5.74, 6) is 0. The molecule has 0 amide bonds. The molecule has 2 aromatic heterocycles. The van der Waals surface area contributed by atoms with Crippen LogP contribution in [0.1, 0.15) is 23.9 Å². The Morgan fingerprint density at radius 2 is 2.25 bits per heavy atom. The molecule has 0 saturated heterocycles. The van der Waals surface area contributed by atoms with E-state index in [1.165, 1.54) is 10.3 Å². The highest BCUT2D eigenvalue weighted by atomic mass is 32.1. The maximum Gasteiger partial charge on any atom is 0.0907 e. The number of aromatic nitrogens is 3. The van der Waals surface area contributed by atoms with Crippen molar-refractivity contribution in [3.63, 3.8) is 0 Å². The van der Waals surface area contributed by atoms with Crippen LogP contribution < -0.4 is 5.32 Å². The molecule has 2 heterocycles. The van der Waals surface area contributed by atoms with E-state index in [0.717, 1.165) is 35.7 Å². The number of hydrogen-bond acceptors (Lipinski definition) is 4. The van der Waals surface area contributed by atoms with Gasteiger partial charge in [0.05, 0.1) is 21.4 Å². The first-order valence-electron chi connectivity index (χ1n) is 6.87. The normalized spacial score (nSPS) is 11.1. The maximum absolute atomic E-state index is 4.47. The van der Waals surface area contributed by atoms with Crippen LogP contribution in [0.2, 0.25) is 0 Å². The minimum atomic E-state index is 0.799. The highest BCUT2D eigenvalue weighted by Gasteiger charge is 2.02. The molecule has 0 saturated carbocycles. The van der Waals surface area contributed by atoms with Gasteiger partial charge >= 0.3 is 0 Å². The molecule has 1 aromatic carbocycles. The van der Waals surface area contributed by atoms with Crippen molar-refractivity contribution in [1.82, 2.24) is 14.8 Å². The first kappa shape index (κ1) is 13.1. The van der Waals surface area contributed by atoms with Crippen LogP contribution in [0.3, 0.4) is 0 Å². The molecular formula is C15H18N4S. The van der Waals surface area contributed by atoms with E-state index >= 15 is 0 Å². The number of fused-ring (bicyclic) bond motifs is 1. The number of nitrogens with one attached hydrogen (secondary N) is 1. The zero-order valence-corrected chi connectivity index (χ0v) is 12.6. The minimum absolute atomic E-state index is 0.799. The van der Waals surface area contributed by atoms with E-state index in [4.69, 9.17) is 0 Å². The second kappa shape index (κ2) is 5.63. The largest absolute Gasteiger partial charge is 0.381 e.